The summed E-state index contributed by atoms with van der Waals surface area (Å²) in [4.78, 5) is 14.0. The van der Waals surface area contributed by atoms with Crippen molar-refractivity contribution in [3.8, 4) is 0 Å². The summed E-state index contributed by atoms with van der Waals surface area (Å²) < 4.78 is 12.8. The molecule has 0 radical (unpaired) electrons. The second kappa shape index (κ2) is 4.45. The normalized spacial score (nSPS) is 16.6. The summed E-state index contributed by atoms with van der Waals surface area (Å²) in [5, 5.41) is 0. The summed E-state index contributed by atoms with van der Waals surface area (Å²) in [6.45, 7) is 2.88. The molecule has 1 aliphatic rings. The minimum absolute atomic E-state index is 0.0640. The monoisotopic (exact) mass is 236 g/mol. The number of anilines is 1. The van der Waals surface area contributed by atoms with Crippen molar-refractivity contribution >= 4 is 11.6 Å². The van der Waals surface area contributed by atoms with Gasteiger partial charge in [-0.3, -0.25) is 4.79 Å². The van der Waals surface area contributed by atoms with E-state index < -0.39 is 0 Å². The van der Waals surface area contributed by atoms with Gasteiger partial charge in [0.05, 0.1) is 5.41 Å². The van der Waals surface area contributed by atoms with E-state index in [9.17, 15) is 9.18 Å². The van der Waals surface area contributed by atoms with E-state index in [1.165, 1.54) is 12.1 Å². The summed E-state index contributed by atoms with van der Waals surface area (Å²) in [6.07, 6.45) is 1.72. The maximum Gasteiger partial charge on any atom is 0.234 e. The van der Waals surface area contributed by atoms with Crippen LogP contribution >= 0.6 is 0 Å². The first-order valence-corrected chi connectivity index (χ1v) is 5.90. The van der Waals surface area contributed by atoms with Gasteiger partial charge in [0.15, 0.2) is 0 Å². The van der Waals surface area contributed by atoms with Crippen LogP contribution < -0.4 is 10.6 Å². The lowest BCUT2D eigenvalue weighted by molar-refractivity contribution is -0.123. The number of hydrogen-bond acceptors (Lipinski definition) is 2. The fraction of sp³-hybridized carbons (Fsp3) is 0.462. The van der Waals surface area contributed by atoms with Crippen molar-refractivity contribution in [2.45, 2.75) is 19.8 Å². The van der Waals surface area contributed by atoms with E-state index >= 15 is 0 Å². The minimum Gasteiger partial charge on any atom is -0.329 e. The number of amides is 1. The first-order valence-electron chi connectivity index (χ1n) is 5.90. The first-order chi connectivity index (χ1) is 8.13. The summed E-state index contributed by atoms with van der Waals surface area (Å²) in [6, 6.07) is 5.99. The minimum atomic E-state index is -0.357. The van der Waals surface area contributed by atoms with Gasteiger partial charge in [-0.15, -0.1) is 0 Å². The Labute approximate surface area is 100 Å². The molecule has 0 bridgehead atoms. The molecule has 1 fully saturated rings. The molecule has 0 unspecified atom stereocenters. The van der Waals surface area contributed by atoms with Gasteiger partial charge in [0.2, 0.25) is 5.91 Å². The van der Waals surface area contributed by atoms with Gasteiger partial charge in [-0.25, -0.2) is 4.39 Å². The number of hydrogen-bond donors (Lipinski definition) is 1. The molecule has 0 spiro atoms. The fourth-order valence-corrected chi connectivity index (χ4v) is 2.01. The maximum atomic E-state index is 12.8. The molecule has 1 aliphatic carbocycles. The second-order valence-corrected chi connectivity index (χ2v) is 4.51. The maximum absolute atomic E-state index is 12.8. The Bertz CT molecular complexity index is 412. The van der Waals surface area contributed by atoms with Crippen LogP contribution in [0.15, 0.2) is 24.3 Å². The van der Waals surface area contributed by atoms with E-state index in [1.54, 1.807) is 17.0 Å². The van der Waals surface area contributed by atoms with E-state index in [1.807, 2.05) is 6.92 Å². The van der Waals surface area contributed by atoms with Gasteiger partial charge >= 0.3 is 0 Å². The summed E-state index contributed by atoms with van der Waals surface area (Å²) >= 11 is 0. The smallest absolute Gasteiger partial charge is 0.234 e. The van der Waals surface area contributed by atoms with Gasteiger partial charge in [-0.05, 0) is 44.0 Å². The number of nitrogens with zero attached hydrogens (tertiary/aromatic N) is 1. The van der Waals surface area contributed by atoms with Crippen LogP contribution in [0, 0.1) is 11.2 Å². The Hall–Kier alpha value is -1.42. The molecule has 1 saturated carbocycles. The second-order valence-electron chi connectivity index (χ2n) is 4.51. The molecule has 2 rings (SSSR count). The van der Waals surface area contributed by atoms with Gasteiger partial charge < -0.3 is 10.6 Å². The highest BCUT2D eigenvalue weighted by atomic mass is 19.1. The average Bonchev–Trinajstić information content (AvgIpc) is 3.13. The fourth-order valence-electron chi connectivity index (χ4n) is 2.01. The van der Waals surface area contributed by atoms with Crippen LogP contribution in [0.1, 0.15) is 19.8 Å². The van der Waals surface area contributed by atoms with Crippen molar-refractivity contribution in [2.75, 3.05) is 18.0 Å². The zero-order valence-corrected chi connectivity index (χ0v) is 9.95. The number of rotatable bonds is 4. The Kier molecular flexibility index (Phi) is 3.15. The average molecular weight is 236 g/mol. The van der Waals surface area contributed by atoms with Gasteiger partial charge in [-0.2, -0.15) is 0 Å². The van der Waals surface area contributed by atoms with Crippen LogP contribution in [-0.4, -0.2) is 19.0 Å². The largest absolute Gasteiger partial charge is 0.329 e. The summed E-state index contributed by atoms with van der Waals surface area (Å²) in [5.41, 5.74) is 6.03. The third-order valence-electron chi connectivity index (χ3n) is 3.40. The van der Waals surface area contributed by atoms with Gasteiger partial charge in [0, 0.05) is 18.8 Å². The molecular weight excluding hydrogens is 219 g/mol. The Morgan fingerprint density at radius 2 is 2.00 bits per heavy atom. The quantitative estimate of drug-likeness (QED) is 0.868. The number of carbonyl (C=O) groups excluding carboxylic acids is 1. The van der Waals surface area contributed by atoms with Gasteiger partial charge in [0.1, 0.15) is 5.82 Å². The molecule has 0 atom stereocenters. The predicted octanol–water partition coefficient (Wildman–Crippen LogP) is 1.92. The Balaban J connectivity index is 2.22. The van der Waals surface area contributed by atoms with Crippen molar-refractivity contribution in [3.05, 3.63) is 30.1 Å². The molecular formula is C13H17FN2O. The molecule has 1 amide bonds. The third kappa shape index (κ3) is 2.17. The first kappa shape index (κ1) is 12.0. The molecule has 0 aliphatic heterocycles. The zero-order valence-electron chi connectivity index (χ0n) is 9.95. The molecule has 0 saturated heterocycles. The number of halogens is 1. The zero-order chi connectivity index (χ0) is 12.5. The standard InChI is InChI=1S/C13H17FN2O/c1-2-16(11-5-3-10(14)4-6-11)12(17)13(9-15)7-8-13/h3-6H,2,7-9,15H2,1H3. The third-order valence-corrected chi connectivity index (χ3v) is 3.40. The van der Waals surface area contributed by atoms with Gasteiger partial charge in [-0.1, -0.05) is 0 Å². The molecule has 3 nitrogen and oxygen atoms in total. The van der Waals surface area contributed by atoms with E-state index in [2.05, 4.69) is 0 Å². The predicted molar refractivity (Wildman–Crippen MR) is 65.1 cm³/mol. The van der Waals surface area contributed by atoms with Crippen molar-refractivity contribution in [2.24, 2.45) is 11.1 Å². The van der Waals surface area contributed by atoms with E-state index in [4.69, 9.17) is 5.73 Å². The Morgan fingerprint density at radius 1 is 1.41 bits per heavy atom. The molecule has 2 N–H and O–H groups in total. The van der Waals surface area contributed by atoms with Crippen LogP contribution in [-0.2, 0) is 4.79 Å². The summed E-state index contributed by atoms with van der Waals surface area (Å²) in [5.74, 6) is -0.230. The van der Waals surface area contributed by atoms with Crippen molar-refractivity contribution in [1.29, 1.82) is 0 Å². The highest BCUT2D eigenvalue weighted by Crippen LogP contribution is 2.46. The molecule has 4 heteroatoms. The van der Waals surface area contributed by atoms with E-state index in [0.29, 0.717) is 13.1 Å². The highest BCUT2D eigenvalue weighted by molar-refractivity contribution is 5.99. The van der Waals surface area contributed by atoms with Crippen LogP contribution in [0.5, 0.6) is 0 Å². The van der Waals surface area contributed by atoms with Crippen molar-refractivity contribution < 1.29 is 9.18 Å². The molecule has 17 heavy (non-hydrogen) atoms. The highest BCUT2D eigenvalue weighted by Gasteiger charge is 2.50. The molecule has 92 valence electrons. The SMILES string of the molecule is CCN(C(=O)C1(CN)CC1)c1ccc(F)cc1. The van der Waals surface area contributed by atoms with Crippen molar-refractivity contribution in [1.82, 2.24) is 0 Å². The lowest BCUT2D eigenvalue weighted by atomic mass is 10.1. The van der Waals surface area contributed by atoms with E-state index in [-0.39, 0.29) is 17.1 Å². The van der Waals surface area contributed by atoms with Crippen LogP contribution in [0.2, 0.25) is 0 Å². The molecule has 0 aromatic heterocycles. The van der Waals surface area contributed by atoms with Crippen LogP contribution in [0.25, 0.3) is 0 Å². The number of benzene rings is 1. The molecule has 1 aromatic carbocycles. The summed E-state index contributed by atoms with van der Waals surface area (Å²) in [7, 11) is 0. The number of carbonyl (C=O) groups is 1. The van der Waals surface area contributed by atoms with Gasteiger partial charge in [0.25, 0.3) is 0 Å². The van der Waals surface area contributed by atoms with Crippen molar-refractivity contribution in [3.63, 3.8) is 0 Å². The lowest BCUT2D eigenvalue weighted by Gasteiger charge is -2.25. The van der Waals surface area contributed by atoms with Crippen LogP contribution in [0.4, 0.5) is 10.1 Å². The molecule has 0 heterocycles. The Morgan fingerprint density at radius 3 is 2.41 bits per heavy atom. The number of nitrogens with two attached hydrogens (primary N) is 1. The van der Waals surface area contributed by atoms with E-state index in [0.717, 1.165) is 18.5 Å². The topological polar surface area (TPSA) is 46.3 Å². The lowest BCUT2D eigenvalue weighted by Crippen LogP contribution is -2.40. The van der Waals surface area contributed by atoms with Crippen LogP contribution in [0.3, 0.4) is 0 Å². The molecule has 1 aromatic rings.